The first-order valence-electron chi connectivity index (χ1n) is 4.95. The Balaban J connectivity index is 1.99. The van der Waals surface area contributed by atoms with Gasteiger partial charge in [0.2, 0.25) is 0 Å². The van der Waals surface area contributed by atoms with Crippen molar-refractivity contribution in [1.82, 2.24) is 0 Å². The molecule has 1 aliphatic carbocycles. The van der Waals surface area contributed by atoms with E-state index in [2.05, 4.69) is 4.74 Å². The highest BCUT2D eigenvalue weighted by Crippen LogP contribution is 2.46. The second-order valence-electron chi connectivity index (χ2n) is 3.79. The molecule has 0 aliphatic heterocycles. The third-order valence-electron chi connectivity index (χ3n) is 2.76. The molecular weight excluding hydrogens is 200 g/mol. The van der Waals surface area contributed by atoms with Crippen LogP contribution in [0.5, 0.6) is 5.75 Å². The maximum absolute atomic E-state index is 11.9. The van der Waals surface area contributed by atoms with Crippen LogP contribution in [0.1, 0.15) is 17.9 Å². The Morgan fingerprint density at radius 1 is 1.33 bits per heavy atom. The molecule has 0 unspecified atom stereocenters. The van der Waals surface area contributed by atoms with Gasteiger partial charge in [-0.15, -0.1) is 0 Å². The Kier molecular flexibility index (Phi) is 2.86. The Labute approximate surface area is 87.0 Å². The van der Waals surface area contributed by atoms with Crippen molar-refractivity contribution in [3.05, 3.63) is 29.8 Å². The number of hydrogen-bond acceptors (Lipinski definition) is 2. The number of ether oxygens (including phenoxy) is 1. The van der Waals surface area contributed by atoms with E-state index in [-0.39, 0.29) is 5.75 Å². The first-order valence-corrected chi connectivity index (χ1v) is 4.95. The van der Waals surface area contributed by atoms with Crippen molar-refractivity contribution in [3.63, 3.8) is 0 Å². The van der Waals surface area contributed by atoms with Crippen molar-refractivity contribution in [1.29, 1.82) is 0 Å². The fourth-order valence-corrected chi connectivity index (χ4v) is 1.81. The van der Waals surface area contributed by atoms with Crippen molar-refractivity contribution in [2.24, 2.45) is 11.7 Å². The van der Waals surface area contributed by atoms with E-state index in [1.54, 1.807) is 12.1 Å². The SMILES string of the molecule is NC[C@@H]1C[C@@H]1c1ccc(OC(F)F)cc1. The molecule has 0 saturated heterocycles. The van der Waals surface area contributed by atoms with Gasteiger partial charge in [0, 0.05) is 0 Å². The zero-order valence-electron chi connectivity index (χ0n) is 8.20. The molecule has 0 aromatic heterocycles. The highest BCUT2D eigenvalue weighted by atomic mass is 19.3. The van der Waals surface area contributed by atoms with E-state index < -0.39 is 6.61 Å². The van der Waals surface area contributed by atoms with E-state index in [0.717, 1.165) is 12.0 Å². The summed E-state index contributed by atoms with van der Waals surface area (Å²) >= 11 is 0. The molecule has 82 valence electrons. The minimum absolute atomic E-state index is 0.207. The maximum Gasteiger partial charge on any atom is 0.387 e. The van der Waals surface area contributed by atoms with E-state index in [0.29, 0.717) is 18.4 Å². The number of benzene rings is 1. The lowest BCUT2D eigenvalue weighted by atomic mass is 10.1. The van der Waals surface area contributed by atoms with Crippen LogP contribution in [0.4, 0.5) is 8.78 Å². The quantitative estimate of drug-likeness (QED) is 0.833. The van der Waals surface area contributed by atoms with E-state index in [1.165, 1.54) is 0 Å². The number of hydrogen-bond donors (Lipinski definition) is 1. The molecule has 1 fully saturated rings. The van der Waals surface area contributed by atoms with Gasteiger partial charge >= 0.3 is 6.61 Å². The second kappa shape index (κ2) is 4.14. The third-order valence-corrected chi connectivity index (χ3v) is 2.76. The normalized spacial score (nSPS) is 24.3. The van der Waals surface area contributed by atoms with Crippen molar-refractivity contribution in [2.75, 3.05) is 6.54 Å². The summed E-state index contributed by atoms with van der Waals surface area (Å²) in [5, 5.41) is 0. The molecule has 2 N–H and O–H groups in total. The fraction of sp³-hybridized carbons (Fsp3) is 0.455. The van der Waals surface area contributed by atoms with Gasteiger partial charge in [-0.3, -0.25) is 0 Å². The lowest BCUT2D eigenvalue weighted by Gasteiger charge is -2.05. The summed E-state index contributed by atoms with van der Waals surface area (Å²) in [6.45, 7) is -2.06. The number of alkyl halides is 2. The predicted molar refractivity (Wildman–Crippen MR) is 53.0 cm³/mol. The van der Waals surface area contributed by atoms with Crippen molar-refractivity contribution in [2.45, 2.75) is 19.0 Å². The smallest absolute Gasteiger partial charge is 0.387 e. The molecule has 4 heteroatoms. The van der Waals surface area contributed by atoms with Gasteiger partial charge in [0.1, 0.15) is 5.75 Å². The number of rotatable bonds is 4. The molecule has 15 heavy (non-hydrogen) atoms. The van der Waals surface area contributed by atoms with Crippen LogP contribution in [-0.4, -0.2) is 13.2 Å². The summed E-state index contributed by atoms with van der Waals surface area (Å²) in [5.74, 6) is 1.28. The Bertz CT molecular complexity index is 326. The zero-order chi connectivity index (χ0) is 10.8. The molecule has 2 rings (SSSR count). The van der Waals surface area contributed by atoms with E-state index in [4.69, 9.17) is 5.73 Å². The van der Waals surface area contributed by atoms with Crippen LogP contribution in [0.2, 0.25) is 0 Å². The van der Waals surface area contributed by atoms with Crippen LogP contribution in [0, 0.1) is 5.92 Å². The van der Waals surface area contributed by atoms with Crippen LogP contribution in [-0.2, 0) is 0 Å². The Morgan fingerprint density at radius 3 is 2.47 bits per heavy atom. The fourth-order valence-electron chi connectivity index (χ4n) is 1.81. The summed E-state index contributed by atoms with van der Waals surface area (Å²) in [5.41, 5.74) is 6.69. The van der Waals surface area contributed by atoms with Gasteiger partial charge in [-0.2, -0.15) is 8.78 Å². The van der Waals surface area contributed by atoms with Gasteiger partial charge in [-0.1, -0.05) is 12.1 Å². The first kappa shape index (κ1) is 10.4. The molecule has 1 aromatic rings. The summed E-state index contributed by atoms with van der Waals surface area (Å²) in [6.07, 6.45) is 1.10. The summed E-state index contributed by atoms with van der Waals surface area (Å²) in [7, 11) is 0. The van der Waals surface area contributed by atoms with Crippen LogP contribution >= 0.6 is 0 Å². The summed E-state index contributed by atoms with van der Waals surface area (Å²) in [4.78, 5) is 0. The number of nitrogens with two attached hydrogens (primary N) is 1. The topological polar surface area (TPSA) is 35.2 Å². The molecule has 0 amide bonds. The maximum atomic E-state index is 11.9. The van der Waals surface area contributed by atoms with E-state index >= 15 is 0 Å². The van der Waals surface area contributed by atoms with Gasteiger partial charge in [0.15, 0.2) is 0 Å². The zero-order valence-corrected chi connectivity index (χ0v) is 8.20. The minimum atomic E-state index is -2.76. The highest BCUT2D eigenvalue weighted by Gasteiger charge is 2.36. The molecule has 0 radical (unpaired) electrons. The molecule has 1 saturated carbocycles. The molecule has 0 spiro atoms. The Hall–Kier alpha value is -1.16. The van der Waals surface area contributed by atoms with Crippen LogP contribution in [0.15, 0.2) is 24.3 Å². The Morgan fingerprint density at radius 2 is 2.00 bits per heavy atom. The van der Waals surface area contributed by atoms with Gasteiger partial charge in [-0.05, 0) is 42.5 Å². The van der Waals surface area contributed by atoms with Gasteiger partial charge in [0.25, 0.3) is 0 Å². The molecule has 1 aliphatic rings. The average Bonchev–Trinajstić information content (AvgIpc) is 2.97. The second-order valence-corrected chi connectivity index (χ2v) is 3.79. The molecule has 1 aromatic carbocycles. The monoisotopic (exact) mass is 213 g/mol. The van der Waals surface area contributed by atoms with Crippen LogP contribution in [0.25, 0.3) is 0 Å². The van der Waals surface area contributed by atoms with Crippen LogP contribution in [0.3, 0.4) is 0 Å². The molecule has 2 nitrogen and oxygen atoms in total. The summed E-state index contributed by atoms with van der Waals surface area (Å²) < 4.78 is 28.0. The largest absolute Gasteiger partial charge is 0.435 e. The summed E-state index contributed by atoms with van der Waals surface area (Å²) in [6, 6.07) is 6.82. The molecule has 2 atom stereocenters. The van der Waals surface area contributed by atoms with E-state index in [9.17, 15) is 8.78 Å². The lowest BCUT2D eigenvalue weighted by molar-refractivity contribution is -0.0498. The van der Waals surface area contributed by atoms with Crippen molar-refractivity contribution in [3.8, 4) is 5.75 Å². The molecular formula is C11H13F2NO. The first-order chi connectivity index (χ1) is 7.20. The lowest BCUT2D eigenvalue weighted by Crippen LogP contribution is -2.03. The van der Waals surface area contributed by atoms with Crippen molar-refractivity contribution < 1.29 is 13.5 Å². The van der Waals surface area contributed by atoms with Gasteiger partial charge in [-0.25, -0.2) is 0 Å². The standard InChI is InChI=1S/C11H13F2NO/c12-11(13)15-9-3-1-7(2-4-9)10-5-8(10)6-14/h1-4,8,10-11H,5-6,14H2/t8-,10+/m0/s1. The van der Waals surface area contributed by atoms with Gasteiger partial charge < -0.3 is 10.5 Å². The van der Waals surface area contributed by atoms with E-state index in [1.807, 2.05) is 12.1 Å². The van der Waals surface area contributed by atoms with Gasteiger partial charge in [0.05, 0.1) is 0 Å². The van der Waals surface area contributed by atoms with Crippen LogP contribution < -0.4 is 10.5 Å². The van der Waals surface area contributed by atoms with Crippen molar-refractivity contribution >= 4 is 0 Å². The minimum Gasteiger partial charge on any atom is -0.435 e. The molecule has 0 heterocycles. The molecule has 0 bridgehead atoms. The highest BCUT2D eigenvalue weighted by molar-refractivity contribution is 5.32. The predicted octanol–water partition coefficient (Wildman–Crippen LogP) is 2.35. The third kappa shape index (κ3) is 2.45. The average molecular weight is 213 g/mol. The number of halogens is 2.